The quantitative estimate of drug-likeness (QED) is 0.363. The number of aliphatic imine (C=N–C) groups is 1. The first-order chi connectivity index (χ1) is 13.4. The second-order valence-electron chi connectivity index (χ2n) is 7.17. The Morgan fingerprint density at radius 3 is 2.55 bits per heavy atom. The van der Waals surface area contributed by atoms with Gasteiger partial charge in [0.1, 0.15) is 17.3 Å². The van der Waals surface area contributed by atoms with Crippen molar-refractivity contribution in [1.82, 2.24) is 20.4 Å². The van der Waals surface area contributed by atoms with Crippen LogP contribution in [0.2, 0.25) is 0 Å². The van der Waals surface area contributed by atoms with Gasteiger partial charge in [0.2, 0.25) is 0 Å². The lowest BCUT2D eigenvalue weighted by molar-refractivity contribution is 0.576. The lowest BCUT2D eigenvalue weighted by Gasteiger charge is -2.21. The molecule has 160 valence electrons. The molecule has 0 amide bonds. The number of aryl methyl sites for hydroxylation is 2. The maximum Gasteiger partial charge on any atom is 0.191 e. The van der Waals surface area contributed by atoms with Crippen LogP contribution in [-0.2, 0) is 13.5 Å². The van der Waals surface area contributed by atoms with Gasteiger partial charge in [-0.2, -0.15) is 5.10 Å². The average molecular weight is 518 g/mol. The number of nitrogens with one attached hydrogen (secondary N) is 2. The van der Waals surface area contributed by atoms with Crippen molar-refractivity contribution in [1.29, 1.82) is 0 Å². The van der Waals surface area contributed by atoms with E-state index >= 15 is 0 Å². The number of halogens is 3. The van der Waals surface area contributed by atoms with Crippen LogP contribution in [0.4, 0.5) is 14.5 Å². The molecule has 1 atom stereocenters. The highest BCUT2D eigenvalue weighted by Gasteiger charge is 2.27. The van der Waals surface area contributed by atoms with Crippen LogP contribution in [0, 0.1) is 25.5 Å². The van der Waals surface area contributed by atoms with Crippen molar-refractivity contribution in [3.63, 3.8) is 0 Å². The molecule has 1 aliphatic heterocycles. The van der Waals surface area contributed by atoms with E-state index in [2.05, 4.69) is 27.6 Å². The summed E-state index contributed by atoms with van der Waals surface area (Å²) in [5, 5.41) is 11.1. The zero-order chi connectivity index (χ0) is 20.3. The molecule has 1 unspecified atom stereocenters. The molecule has 0 bridgehead atoms. The molecule has 1 aromatic heterocycles. The molecule has 1 aliphatic rings. The van der Waals surface area contributed by atoms with Crippen molar-refractivity contribution in [3.05, 3.63) is 46.8 Å². The van der Waals surface area contributed by atoms with Crippen molar-refractivity contribution >= 4 is 35.6 Å². The van der Waals surface area contributed by atoms with Crippen LogP contribution in [0.15, 0.2) is 23.2 Å². The molecule has 0 aliphatic carbocycles. The number of aromatic nitrogens is 2. The highest BCUT2D eigenvalue weighted by atomic mass is 127. The molecule has 29 heavy (non-hydrogen) atoms. The molecule has 0 saturated carbocycles. The van der Waals surface area contributed by atoms with Crippen molar-refractivity contribution in [2.75, 3.05) is 31.6 Å². The monoisotopic (exact) mass is 518 g/mol. The van der Waals surface area contributed by atoms with E-state index in [1.807, 2.05) is 18.7 Å². The smallest absolute Gasteiger partial charge is 0.191 e. The normalized spacial score (nSPS) is 16.7. The lowest BCUT2D eigenvalue weighted by atomic mass is 10.1. The Morgan fingerprint density at radius 2 is 1.97 bits per heavy atom. The van der Waals surface area contributed by atoms with Gasteiger partial charge in [0.25, 0.3) is 0 Å². The Morgan fingerprint density at radius 1 is 1.28 bits per heavy atom. The third kappa shape index (κ3) is 5.37. The summed E-state index contributed by atoms with van der Waals surface area (Å²) in [5.41, 5.74) is 3.51. The molecule has 0 spiro atoms. The van der Waals surface area contributed by atoms with E-state index in [0.29, 0.717) is 19.0 Å². The summed E-state index contributed by atoms with van der Waals surface area (Å²) in [7, 11) is 3.67. The van der Waals surface area contributed by atoms with Crippen LogP contribution in [0.25, 0.3) is 0 Å². The van der Waals surface area contributed by atoms with E-state index < -0.39 is 11.6 Å². The SMILES string of the molecule is CN=C(NCCc1c(C)nn(C)c1C)NC1CCN(c2c(F)cccc2F)C1.I. The maximum absolute atomic E-state index is 14.0. The summed E-state index contributed by atoms with van der Waals surface area (Å²) in [6.07, 6.45) is 1.64. The summed E-state index contributed by atoms with van der Waals surface area (Å²) in [5.74, 6) is -0.351. The first-order valence-electron chi connectivity index (χ1n) is 9.56. The highest BCUT2D eigenvalue weighted by Crippen LogP contribution is 2.26. The number of benzene rings is 1. The lowest BCUT2D eigenvalue weighted by Crippen LogP contribution is -2.45. The summed E-state index contributed by atoms with van der Waals surface area (Å²) >= 11 is 0. The molecule has 1 aromatic carbocycles. The second kappa shape index (κ2) is 10.2. The zero-order valence-electron chi connectivity index (χ0n) is 17.3. The Balaban J connectivity index is 0.00000300. The van der Waals surface area contributed by atoms with Gasteiger partial charge >= 0.3 is 0 Å². The number of anilines is 1. The predicted octanol–water partition coefficient (Wildman–Crippen LogP) is 2.92. The van der Waals surface area contributed by atoms with Gasteiger partial charge in [-0.25, -0.2) is 8.78 Å². The Hall–Kier alpha value is -1.91. The minimum Gasteiger partial charge on any atom is -0.365 e. The third-order valence-corrected chi connectivity index (χ3v) is 5.33. The van der Waals surface area contributed by atoms with Crippen molar-refractivity contribution in [2.45, 2.75) is 32.7 Å². The summed E-state index contributed by atoms with van der Waals surface area (Å²) in [6.45, 7) is 5.94. The van der Waals surface area contributed by atoms with Crippen LogP contribution < -0.4 is 15.5 Å². The van der Waals surface area contributed by atoms with Gasteiger partial charge in [-0.05, 0) is 44.4 Å². The molecule has 2 aromatic rings. The number of rotatable bonds is 5. The molecule has 9 heteroatoms. The summed E-state index contributed by atoms with van der Waals surface area (Å²) in [6, 6.07) is 4.05. The molecular formula is C20H29F2IN6. The maximum atomic E-state index is 14.0. The highest BCUT2D eigenvalue weighted by molar-refractivity contribution is 14.0. The first kappa shape index (κ1) is 23.4. The van der Waals surface area contributed by atoms with Crippen LogP contribution >= 0.6 is 24.0 Å². The van der Waals surface area contributed by atoms with Crippen molar-refractivity contribution in [3.8, 4) is 0 Å². The van der Waals surface area contributed by atoms with E-state index in [9.17, 15) is 8.78 Å². The van der Waals surface area contributed by atoms with E-state index in [4.69, 9.17) is 0 Å². The average Bonchev–Trinajstić information content (AvgIpc) is 3.20. The molecule has 3 rings (SSSR count). The fourth-order valence-electron chi connectivity index (χ4n) is 3.75. The van der Waals surface area contributed by atoms with Crippen LogP contribution in [0.1, 0.15) is 23.4 Å². The molecule has 2 heterocycles. The number of hydrogen-bond acceptors (Lipinski definition) is 3. The van der Waals surface area contributed by atoms with E-state index in [1.54, 1.807) is 11.9 Å². The van der Waals surface area contributed by atoms with Gasteiger partial charge in [0.05, 0.1) is 5.69 Å². The molecule has 1 saturated heterocycles. The minimum absolute atomic E-state index is 0. The fraction of sp³-hybridized carbons (Fsp3) is 0.500. The molecular weight excluding hydrogens is 489 g/mol. The second-order valence-corrected chi connectivity index (χ2v) is 7.17. The third-order valence-electron chi connectivity index (χ3n) is 5.33. The van der Waals surface area contributed by atoms with Gasteiger partial charge in [0, 0.05) is 45.5 Å². The van der Waals surface area contributed by atoms with E-state index in [1.165, 1.54) is 29.5 Å². The standard InChI is InChI=1S/C20H28F2N6.HI/c1-13-16(14(2)27(4)26-13)8-10-24-20(23-3)25-15-9-11-28(12-15)19-17(21)6-5-7-18(19)22;/h5-7,15H,8-12H2,1-4H3,(H2,23,24,25);1H. The predicted molar refractivity (Wildman–Crippen MR) is 123 cm³/mol. The topological polar surface area (TPSA) is 57.5 Å². The molecule has 6 nitrogen and oxygen atoms in total. The number of guanidine groups is 1. The summed E-state index contributed by atoms with van der Waals surface area (Å²) < 4.78 is 29.9. The van der Waals surface area contributed by atoms with E-state index in [0.717, 1.165) is 25.1 Å². The van der Waals surface area contributed by atoms with Crippen LogP contribution in [-0.4, -0.2) is 48.5 Å². The van der Waals surface area contributed by atoms with Gasteiger partial charge in [-0.3, -0.25) is 9.67 Å². The summed E-state index contributed by atoms with van der Waals surface area (Å²) in [4.78, 5) is 6.02. The van der Waals surface area contributed by atoms with Gasteiger partial charge in [-0.15, -0.1) is 24.0 Å². The fourth-order valence-corrected chi connectivity index (χ4v) is 3.75. The van der Waals surface area contributed by atoms with Crippen LogP contribution in [0.5, 0.6) is 0 Å². The molecule has 2 N–H and O–H groups in total. The van der Waals surface area contributed by atoms with E-state index in [-0.39, 0.29) is 35.7 Å². The molecule has 1 fully saturated rings. The zero-order valence-corrected chi connectivity index (χ0v) is 19.6. The minimum atomic E-state index is -0.523. The number of nitrogens with zero attached hydrogens (tertiary/aromatic N) is 4. The van der Waals surface area contributed by atoms with Gasteiger partial charge in [0.15, 0.2) is 5.96 Å². The number of hydrogen-bond donors (Lipinski definition) is 2. The van der Waals surface area contributed by atoms with Crippen molar-refractivity contribution < 1.29 is 8.78 Å². The Labute approximate surface area is 187 Å². The van der Waals surface area contributed by atoms with Crippen molar-refractivity contribution in [2.24, 2.45) is 12.0 Å². The van der Waals surface area contributed by atoms with Crippen LogP contribution in [0.3, 0.4) is 0 Å². The largest absolute Gasteiger partial charge is 0.365 e. The van der Waals surface area contributed by atoms with Gasteiger partial charge in [-0.1, -0.05) is 6.07 Å². The Kier molecular flexibility index (Phi) is 8.23. The molecule has 0 radical (unpaired) electrons. The number of para-hydroxylation sites is 1. The first-order valence-corrected chi connectivity index (χ1v) is 9.56. The van der Waals surface area contributed by atoms with Gasteiger partial charge < -0.3 is 15.5 Å². The Bertz CT molecular complexity index is 847.